The van der Waals surface area contributed by atoms with Gasteiger partial charge in [-0.25, -0.2) is 27.5 Å². The van der Waals surface area contributed by atoms with Crippen LogP contribution in [0.15, 0.2) is 168 Å². The molecule has 6 aromatic rings. The number of nitrogens with zero attached hydrogens (tertiary/aromatic N) is 2. The Kier molecular flexibility index (Phi) is 10.7. The zero-order valence-corrected chi connectivity index (χ0v) is 30.0. The van der Waals surface area contributed by atoms with Crippen LogP contribution in [0.3, 0.4) is 0 Å². The predicted molar refractivity (Wildman–Crippen MR) is 206 cm³/mol. The van der Waals surface area contributed by atoms with E-state index in [1.165, 1.54) is 6.07 Å². The molecule has 0 radical (unpaired) electrons. The number of nitrogens with one attached hydrogen (secondary N) is 1. The molecule has 1 aliphatic rings. The van der Waals surface area contributed by atoms with Crippen molar-refractivity contribution in [2.45, 2.75) is 23.7 Å². The van der Waals surface area contributed by atoms with Crippen LogP contribution < -0.4 is 14.8 Å². The Morgan fingerprint density at radius 2 is 1.22 bits per heavy atom. The molecule has 7 rings (SSSR count). The van der Waals surface area contributed by atoms with Crippen molar-refractivity contribution in [1.29, 1.82) is 0 Å². The van der Waals surface area contributed by atoms with Crippen molar-refractivity contribution < 1.29 is 31.8 Å². The highest BCUT2D eigenvalue weighted by Gasteiger charge is 2.55. The van der Waals surface area contributed by atoms with E-state index < -0.39 is 47.7 Å². The van der Waals surface area contributed by atoms with E-state index in [-0.39, 0.29) is 5.69 Å². The summed E-state index contributed by atoms with van der Waals surface area (Å²) in [5.74, 6) is 0.112. The lowest BCUT2D eigenvalue weighted by atomic mass is 9.77. The summed E-state index contributed by atoms with van der Waals surface area (Å²) in [6, 6.07) is 45.3. The first kappa shape index (κ1) is 36.9. The Labute approximate surface area is 316 Å². The molecule has 1 N–H and O–H groups in total. The molecule has 1 heterocycles. The molecule has 0 spiro atoms. The van der Waals surface area contributed by atoms with Gasteiger partial charge in [-0.1, -0.05) is 115 Å². The van der Waals surface area contributed by atoms with Crippen LogP contribution in [-0.4, -0.2) is 45.2 Å². The molecule has 0 unspecified atom stereocenters. The van der Waals surface area contributed by atoms with Gasteiger partial charge in [-0.3, -0.25) is 0 Å². The quantitative estimate of drug-likeness (QED) is 0.0816. The first-order valence-electron chi connectivity index (χ1n) is 17.6. The third kappa shape index (κ3) is 7.15. The van der Waals surface area contributed by atoms with Crippen LogP contribution in [0, 0.1) is 5.82 Å². The van der Waals surface area contributed by atoms with Gasteiger partial charge in [0.25, 0.3) is 12.4 Å². The van der Waals surface area contributed by atoms with Gasteiger partial charge >= 0.3 is 0 Å². The summed E-state index contributed by atoms with van der Waals surface area (Å²) in [4.78, 5) is 9.11. The number of alkyl halides is 3. The first-order valence-corrected chi connectivity index (χ1v) is 17.6. The summed E-state index contributed by atoms with van der Waals surface area (Å²) >= 11 is 0. The van der Waals surface area contributed by atoms with Crippen LogP contribution in [0.4, 0.5) is 23.2 Å². The van der Waals surface area contributed by atoms with Crippen molar-refractivity contribution in [3.8, 4) is 11.5 Å². The van der Waals surface area contributed by atoms with Crippen LogP contribution in [0.5, 0.6) is 11.5 Å². The largest absolute Gasteiger partial charge is 0.497 e. The number of ether oxygens (including phenoxy) is 3. The minimum absolute atomic E-state index is 0.137. The predicted octanol–water partition coefficient (Wildman–Crippen LogP) is 9.78. The van der Waals surface area contributed by atoms with E-state index in [1.54, 1.807) is 38.5 Å². The van der Waals surface area contributed by atoms with Crippen LogP contribution >= 0.6 is 0 Å². The second kappa shape index (κ2) is 15.9. The van der Waals surface area contributed by atoms with Crippen LogP contribution in [0.2, 0.25) is 0 Å². The Balaban J connectivity index is 1.41. The number of methoxy groups -OCH3 is 2. The molecule has 278 valence electrons. The number of aliphatic imine (C=N–C) groups is 2. The van der Waals surface area contributed by atoms with Crippen LogP contribution in [0.25, 0.3) is 0 Å². The van der Waals surface area contributed by atoms with E-state index in [2.05, 4.69) is 10.3 Å². The maximum atomic E-state index is 16.3. The molecule has 10 heteroatoms. The monoisotopic (exact) mass is 743 g/mol. The van der Waals surface area contributed by atoms with Gasteiger partial charge in [0.05, 0.1) is 25.6 Å². The highest BCUT2D eigenvalue weighted by Crippen LogP contribution is 2.44. The van der Waals surface area contributed by atoms with E-state index in [0.717, 1.165) is 23.3 Å². The average molecular weight is 744 g/mol. The van der Waals surface area contributed by atoms with Gasteiger partial charge in [0.2, 0.25) is 0 Å². The van der Waals surface area contributed by atoms with Gasteiger partial charge in [-0.15, -0.1) is 0 Å². The smallest absolute Gasteiger partial charge is 0.287 e. The van der Waals surface area contributed by atoms with Crippen molar-refractivity contribution in [1.82, 2.24) is 5.32 Å². The molecule has 0 saturated heterocycles. The fraction of sp³-hybridized carbons (Fsp3) is 0.156. The third-order valence-electron chi connectivity index (χ3n) is 9.73. The minimum atomic E-state index is -3.49. The number of hydrogen-bond donors (Lipinski definition) is 1. The van der Waals surface area contributed by atoms with Crippen molar-refractivity contribution in [3.63, 3.8) is 0 Å². The summed E-state index contributed by atoms with van der Waals surface area (Å²) in [7, 11) is 3.10. The fourth-order valence-corrected chi connectivity index (χ4v) is 6.90. The molecule has 6 aromatic carbocycles. The molecular formula is C45H37F4N3O3. The summed E-state index contributed by atoms with van der Waals surface area (Å²) in [6.45, 7) is -0.835. The van der Waals surface area contributed by atoms with E-state index in [0.29, 0.717) is 33.9 Å². The summed E-state index contributed by atoms with van der Waals surface area (Å²) in [5, 5.41) is 3.30. The molecule has 0 bridgehead atoms. The molecule has 2 atom stereocenters. The van der Waals surface area contributed by atoms with Gasteiger partial charge in [0.15, 0.2) is 11.7 Å². The van der Waals surface area contributed by atoms with Crippen molar-refractivity contribution in [3.05, 3.63) is 197 Å². The zero-order chi connectivity index (χ0) is 38.4. The Bertz CT molecular complexity index is 2180. The minimum Gasteiger partial charge on any atom is -0.497 e. The molecule has 0 aromatic heterocycles. The summed E-state index contributed by atoms with van der Waals surface area (Å²) in [5.41, 5.74) is -0.872. The standard InChI is InChI=1S/C45H37F4N3O3/c1-53-36-23-18-33(19-24-36)44(32-16-10-5-11-17-32,34-20-25-37(54-2)26-21-34)51-43-52-45(42(48)49,40(47)29-55-43)38-28-35(22-27-39(38)46)50-41(30-12-6-3-7-13-30)31-14-8-4-9-15-31/h3-28,40,42H,29H2,1-2H3,(H,51,52)/t40-,45-/m1/s1. The van der Waals surface area contributed by atoms with Crippen LogP contribution in [0.1, 0.15) is 33.4 Å². The third-order valence-corrected chi connectivity index (χ3v) is 9.73. The summed E-state index contributed by atoms with van der Waals surface area (Å²) in [6.07, 6.45) is -5.92. The van der Waals surface area contributed by atoms with Gasteiger partial charge in [-0.2, -0.15) is 0 Å². The Morgan fingerprint density at radius 3 is 1.71 bits per heavy atom. The maximum absolute atomic E-state index is 16.3. The zero-order valence-electron chi connectivity index (χ0n) is 30.0. The SMILES string of the molecule is COc1ccc(C(NC2=N[C@@](c3cc(N=C(c4ccccc4)c4ccccc4)ccc3F)(C(F)F)[C@H](F)CO2)(c2ccccc2)c2ccc(OC)cc2)cc1. The van der Waals surface area contributed by atoms with E-state index in [1.807, 2.05) is 115 Å². The molecule has 1 aliphatic heterocycles. The Morgan fingerprint density at radius 1 is 0.727 bits per heavy atom. The summed E-state index contributed by atoms with van der Waals surface area (Å²) < 4.78 is 80.4. The lowest BCUT2D eigenvalue weighted by Crippen LogP contribution is -2.55. The molecular weight excluding hydrogens is 707 g/mol. The maximum Gasteiger partial charge on any atom is 0.287 e. The molecule has 6 nitrogen and oxygen atoms in total. The van der Waals surface area contributed by atoms with E-state index in [9.17, 15) is 0 Å². The number of hydrogen-bond acceptors (Lipinski definition) is 6. The lowest BCUT2D eigenvalue weighted by molar-refractivity contribution is -0.0318. The highest BCUT2D eigenvalue weighted by atomic mass is 19.3. The lowest BCUT2D eigenvalue weighted by Gasteiger charge is -2.41. The second-order valence-corrected chi connectivity index (χ2v) is 12.9. The first-order chi connectivity index (χ1) is 26.8. The number of rotatable bonds is 11. The fourth-order valence-electron chi connectivity index (χ4n) is 6.90. The Hall–Kier alpha value is -6.42. The van der Waals surface area contributed by atoms with Gasteiger partial charge < -0.3 is 19.5 Å². The number of benzene rings is 6. The average Bonchev–Trinajstić information content (AvgIpc) is 3.24. The molecule has 0 saturated carbocycles. The topological polar surface area (TPSA) is 64.4 Å². The molecule has 55 heavy (non-hydrogen) atoms. The van der Waals surface area contributed by atoms with Crippen molar-refractivity contribution >= 4 is 17.4 Å². The van der Waals surface area contributed by atoms with Gasteiger partial charge in [-0.05, 0) is 59.2 Å². The second-order valence-electron chi connectivity index (χ2n) is 12.9. The van der Waals surface area contributed by atoms with E-state index >= 15 is 17.6 Å². The van der Waals surface area contributed by atoms with Crippen LogP contribution in [-0.2, 0) is 15.8 Å². The van der Waals surface area contributed by atoms with Gasteiger partial charge in [0.1, 0.15) is 29.5 Å². The highest BCUT2D eigenvalue weighted by molar-refractivity contribution is 6.13. The molecule has 0 amide bonds. The molecule has 0 aliphatic carbocycles. The molecule has 0 fully saturated rings. The normalized spacial score (nSPS) is 16.8. The van der Waals surface area contributed by atoms with E-state index in [4.69, 9.17) is 19.2 Å². The van der Waals surface area contributed by atoms with Crippen molar-refractivity contribution in [2.75, 3.05) is 20.8 Å². The number of halogens is 4. The van der Waals surface area contributed by atoms with Crippen molar-refractivity contribution in [2.24, 2.45) is 9.98 Å². The van der Waals surface area contributed by atoms with Gasteiger partial charge in [0, 0.05) is 16.7 Å². The number of amidine groups is 1.